The predicted molar refractivity (Wildman–Crippen MR) is 102 cm³/mol. The van der Waals surface area contributed by atoms with Crippen molar-refractivity contribution in [3.63, 3.8) is 0 Å². The minimum absolute atomic E-state index is 0.0982. The number of ether oxygens (including phenoxy) is 1. The number of aryl methyl sites for hydroxylation is 1. The first-order valence-corrected chi connectivity index (χ1v) is 9.56. The zero-order valence-corrected chi connectivity index (χ0v) is 15.4. The molecule has 0 saturated carbocycles. The SMILES string of the molecule is O=c1ccc(-n2cccn2)nn1C1COCC1Nc1ncnc2c1CCCC2. The quantitative estimate of drug-likeness (QED) is 0.726. The summed E-state index contributed by atoms with van der Waals surface area (Å²) < 4.78 is 8.83. The van der Waals surface area contributed by atoms with Gasteiger partial charge in [0.2, 0.25) is 0 Å². The number of rotatable bonds is 4. The van der Waals surface area contributed by atoms with E-state index in [0.29, 0.717) is 19.0 Å². The van der Waals surface area contributed by atoms with E-state index in [1.807, 2.05) is 6.07 Å². The Morgan fingerprint density at radius 3 is 2.96 bits per heavy atom. The highest BCUT2D eigenvalue weighted by Gasteiger charge is 2.32. The number of hydrogen-bond donors (Lipinski definition) is 1. The normalized spacial score (nSPS) is 21.4. The van der Waals surface area contributed by atoms with E-state index in [1.165, 1.54) is 16.3 Å². The van der Waals surface area contributed by atoms with Crippen LogP contribution in [0.1, 0.15) is 30.1 Å². The van der Waals surface area contributed by atoms with Crippen LogP contribution in [0.5, 0.6) is 0 Å². The molecule has 1 saturated heterocycles. The largest absolute Gasteiger partial charge is 0.377 e. The van der Waals surface area contributed by atoms with Gasteiger partial charge in [0, 0.05) is 29.7 Å². The highest BCUT2D eigenvalue weighted by molar-refractivity contribution is 5.48. The van der Waals surface area contributed by atoms with Crippen molar-refractivity contribution in [2.75, 3.05) is 18.5 Å². The molecule has 1 fully saturated rings. The van der Waals surface area contributed by atoms with Crippen LogP contribution in [0.3, 0.4) is 0 Å². The van der Waals surface area contributed by atoms with Gasteiger partial charge in [0.15, 0.2) is 5.82 Å². The van der Waals surface area contributed by atoms with Crippen LogP contribution >= 0.6 is 0 Å². The summed E-state index contributed by atoms with van der Waals surface area (Å²) in [7, 11) is 0. The summed E-state index contributed by atoms with van der Waals surface area (Å²) in [6, 6.07) is 4.69. The number of nitrogens with zero attached hydrogens (tertiary/aromatic N) is 6. The molecule has 2 unspecified atom stereocenters. The van der Waals surface area contributed by atoms with Crippen molar-refractivity contribution in [3.8, 4) is 5.82 Å². The molecule has 1 N–H and O–H groups in total. The van der Waals surface area contributed by atoms with Gasteiger partial charge in [0.1, 0.15) is 18.2 Å². The van der Waals surface area contributed by atoms with Crippen LogP contribution in [-0.4, -0.2) is 48.8 Å². The zero-order chi connectivity index (χ0) is 18.9. The number of aromatic nitrogens is 6. The van der Waals surface area contributed by atoms with Crippen molar-refractivity contribution in [2.45, 2.75) is 37.8 Å². The number of hydrogen-bond acceptors (Lipinski definition) is 7. The van der Waals surface area contributed by atoms with E-state index >= 15 is 0 Å². The van der Waals surface area contributed by atoms with Crippen LogP contribution in [0.2, 0.25) is 0 Å². The first-order chi connectivity index (χ1) is 13.8. The molecule has 28 heavy (non-hydrogen) atoms. The lowest BCUT2D eigenvalue weighted by Crippen LogP contribution is -2.38. The maximum atomic E-state index is 12.5. The lowest BCUT2D eigenvalue weighted by atomic mass is 9.96. The molecule has 0 aromatic carbocycles. The minimum atomic E-state index is -0.225. The molecule has 1 aliphatic heterocycles. The van der Waals surface area contributed by atoms with Crippen molar-refractivity contribution < 1.29 is 4.74 Å². The van der Waals surface area contributed by atoms with Gasteiger partial charge in [-0.1, -0.05) is 0 Å². The van der Waals surface area contributed by atoms with Crippen LogP contribution in [0.4, 0.5) is 5.82 Å². The van der Waals surface area contributed by atoms with Crippen LogP contribution in [0, 0.1) is 0 Å². The summed E-state index contributed by atoms with van der Waals surface area (Å²) in [6.45, 7) is 0.907. The molecule has 9 nitrogen and oxygen atoms in total. The summed E-state index contributed by atoms with van der Waals surface area (Å²) in [5.41, 5.74) is 2.14. The fourth-order valence-electron chi connectivity index (χ4n) is 3.92. The van der Waals surface area contributed by atoms with E-state index < -0.39 is 0 Å². The fourth-order valence-corrected chi connectivity index (χ4v) is 3.92. The first kappa shape index (κ1) is 17.1. The zero-order valence-electron chi connectivity index (χ0n) is 15.4. The maximum Gasteiger partial charge on any atom is 0.267 e. The molecule has 0 radical (unpaired) electrons. The Bertz CT molecular complexity index is 1030. The average Bonchev–Trinajstić information content (AvgIpc) is 3.41. The molecule has 1 aliphatic carbocycles. The number of fused-ring (bicyclic) bond motifs is 1. The van der Waals surface area contributed by atoms with Crippen molar-refractivity contribution >= 4 is 5.82 Å². The smallest absolute Gasteiger partial charge is 0.267 e. The second-order valence-electron chi connectivity index (χ2n) is 7.14. The van der Waals surface area contributed by atoms with Gasteiger partial charge >= 0.3 is 0 Å². The minimum Gasteiger partial charge on any atom is -0.377 e. The van der Waals surface area contributed by atoms with Crippen molar-refractivity contribution in [1.29, 1.82) is 0 Å². The third kappa shape index (κ3) is 3.07. The summed E-state index contributed by atoms with van der Waals surface area (Å²) in [6.07, 6.45) is 9.36. The monoisotopic (exact) mass is 379 g/mol. The second-order valence-corrected chi connectivity index (χ2v) is 7.14. The lowest BCUT2D eigenvalue weighted by molar-refractivity contribution is 0.182. The van der Waals surface area contributed by atoms with Crippen molar-refractivity contribution in [1.82, 2.24) is 29.5 Å². The Morgan fingerprint density at radius 1 is 1.14 bits per heavy atom. The molecule has 144 valence electrons. The Balaban J connectivity index is 1.45. The van der Waals surface area contributed by atoms with Gasteiger partial charge in [0.25, 0.3) is 5.56 Å². The lowest BCUT2D eigenvalue weighted by Gasteiger charge is -2.24. The Morgan fingerprint density at radius 2 is 2.07 bits per heavy atom. The summed E-state index contributed by atoms with van der Waals surface area (Å²) in [5.74, 6) is 1.44. The van der Waals surface area contributed by atoms with Gasteiger partial charge in [0.05, 0.1) is 19.3 Å². The number of anilines is 1. The third-order valence-electron chi connectivity index (χ3n) is 5.36. The van der Waals surface area contributed by atoms with Gasteiger partial charge < -0.3 is 10.1 Å². The van der Waals surface area contributed by atoms with Crippen LogP contribution in [0.15, 0.2) is 41.7 Å². The highest BCUT2D eigenvalue weighted by atomic mass is 16.5. The van der Waals surface area contributed by atoms with E-state index in [2.05, 4.69) is 25.5 Å². The molecule has 3 aromatic heterocycles. The van der Waals surface area contributed by atoms with E-state index in [9.17, 15) is 4.79 Å². The molecule has 5 rings (SSSR count). The molecule has 0 bridgehead atoms. The second kappa shape index (κ2) is 7.16. The maximum absolute atomic E-state index is 12.5. The molecule has 0 spiro atoms. The molecule has 4 heterocycles. The molecule has 9 heteroatoms. The van der Waals surface area contributed by atoms with Gasteiger partial charge in [-0.2, -0.15) is 5.10 Å². The summed E-state index contributed by atoms with van der Waals surface area (Å²) in [5, 5.41) is 12.2. The van der Waals surface area contributed by atoms with Crippen molar-refractivity contribution in [3.05, 3.63) is 58.5 Å². The molecule has 2 atom stereocenters. The van der Waals surface area contributed by atoms with Gasteiger partial charge in [-0.05, 0) is 37.8 Å². The predicted octanol–water partition coefficient (Wildman–Crippen LogP) is 1.15. The van der Waals surface area contributed by atoms with Crippen LogP contribution < -0.4 is 10.9 Å². The van der Waals surface area contributed by atoms with Gasteiger partial charge in [-0.25, -0.2) is 19.3 Å². The first-order valence-electron chi connectivity index (χ1n) is 9.56. The highest BCUT2D eigenvalue weighted by Crippen LogP contribution is 2.27. The Labute approximate surface area is 161 Å². The Kier molecular flexibility index (Phi) is 4.36. The van der Waals surface area contributed by atoms with E-state index in [-0.39, 0.29) is 17.6 Å². The topological polar surface area (TPSA) is 99.8 Å². The van der Waals surface area contributed by atoms with Gasteiger partial charge in [-0.3, -0.25) is 4.79 Å². The van der Waals surface area contributed by atoms with Crippen LogP contribution in [0.25, 0.3) is 5.82 Å². The fraction of sp³-hybridized carbons (Fsp3) is 0.421. The Hall–Kier alpha value is -3.07. The van der Waals surface area contributed by atoms with E-state index in [0.717, 1.165) is 37.2 Å². The van der Waals surface area contributed by atoms with E-state index in [4.69, 9.17) is 4.74 Å². The van der Waals surface area contributed by atoms with Crippen LogP contribution in [-0.2, 0) is 17.6 Å². The standard InChI is InChI=1S/C19H21N7O2/c27-18-7-6-17(25-9-3-8-22-25)24-26(18)16-11-28-10-15(16)23-19-13-4-1-2-5-14(13)20-12-21-19/h3,6-9,12,15-16H,1-2,4-5,10-11H2,(H,20,21,23). The summed E-state index contributed by atoms with van der Waals surface area (Å²) >= 11 is 0. The van der Waals surface area contributed by atoms with Gasteiger partial charge in [-0.15, -0.1) is 5.10 Å². The average molecular weight is 379 g/mol. The molecule has 2 aliphatic rings. The van der Waals surface area contributed by atoms with Crippen molar-refractivity contribution in [2.24, 2.45) is 0 Å². The molecular formula is C19H21N7O2. The molecular weight excluding hydrogens is 358 g/mol. The third-order valence-corrected chi connectivity index (χ3v) is 5.36. The van der Waals surface area contributed by atoms with E-state index in [1.54, 1.807) is 29.5 Å². The molecule has 3 aromatic rings. The number of nitrogens with one attached hydrogen (secondary N) is 1. The summed E-state index contributed by atoms with van der Waals surface area (Å²) in [4.78, 5) is 21.4. The molecule has 0 amide bonds.